The Kier molecular flexibility index (Phi) is 10.4. The molecule has 2 N–H and O–H groups in total. The molecule has 0 radical (unpaired) electrons. The number of aromatic nitrogens is 2. The maximum atomic E-state index is 6.92. The van der Waals surface area contributed by atoms with Gasteiger partial charge in [-0.2, -0.15) is 0 Å². The summed E-state index contributed by atoms with van der Waals surface area (Å²) in [5.41, 5.74) is 19.1. The van der Waals surface area contributed by atoms with Crippen LogP contribution in [0.25, 0.3) is 71.7 Å². The molecule has 2 heterocycles. The molecule has 54 heavy (non-hydrogen) atoms. The topological polar surface area (TPSA) is 35.9 Å². The van der Waals surface area contributed by atoms with Crippen molar-refractivity contribution in [1.29, 1.82) is 0 Å². The van der Waals surface area contributed by atoms with E-state index in [1.165, 1.54) is 54.7 Å². The van der Waals surface area contributed by atoms with Gasteiger partial charge in [0.15, 0.2) is 0 Å². The largest absolute Gasteiger partial charge is 0.397 e. The normalized spacial score (nSPS) is 11.4. The Hall–Kier alpha value is -6.84. The summed E-state index contributed by atoms with van der Waals surface area (Å²) in [5.74, 6) is 0. The van der Waals surface area contributed by atoms with Crippen molar-refractivity contribution in [2.75, 3.05) is 0 Å². The maximum Gasteiger partial charge on any atom is 0.0692 e. The first-order chi connectivity index (χ1) is 26.6. The summed E-state index contributed by atoms with van der Waals surface area (Å²) in [5, 5.41) is 5.98. The van der Waals surface area contributed by atoms with Crippen molar-refractivity contribution in [1.82, 2.24) is 9.13 Å². The zero-order valence-electron chi connectivity index (χ0n) is 31.0. The summed E-state index contributed by atoms with van der Waals surface area (Å²) in [6, 6.07) is 57.7. The number of para-hydroxylation sites is 1. The number of fused-ring (bicyclic) bond motifs is 6. The van der Waals surface area contributed by atoms with Crippen LogP contribution in [0.2, 0.25) is 0 Å². The third-order valence-corrected chi connectivity index (χ3v) is 10.0. The van der Waals surface area contributed by atoms with Crippen molar-refractivity contribution in [3.63, 3.8) is 0 Å². The predicted octanol–water partition coefficient (Wildman–Crippen LogP) is 13.4. The van der Waals surface area contributed by atoms with Crippen LogP contribution in [0.5, 0.6) is 0 Å². The highest BCUT2D eigenvalue weighted by Crippen LogP contribution is 2.41. The van der Waals surface area contributed by atoms with Crippen LogP contribution in [-0.2, 0) is 6.42 Å². The van der Waals surface area contributed by atoms with Crippen molar-refractivity contribution >= 4 is 54.9 Å². The van der Waals surface area contributed by atoms with Gasteiger partial charge >= 0.3 is 0 Å². The van der Waals surface area contributed by atoms with Crippen molar-refractivity contribution in [3.05, 3.63) is 212 Å². The van der Waals surface area contributed by atoms with E-state index in [2.05, 4.69) is 188 Å². The van der Waals surface area contributed by atoms with E-state index in [0.29, 0.717) is 5.70 Å². The molecule has 7 aromatic carbocycles. The van der Waals surface area contributed by atoms with Crippen LogP contribution in [-0.4, -0.2) is 9.13 Å². The minimum atomic E-state index is 0.698. The molecule has 2 aromatic heterocycles. The zero-order chi connectivity index (χ0) is 37.6. The number of benzene rings is 7. The molecule has 3 nitrogen and oxygen atoms in total. The molecule has 0 unspecified atom stereocenters. The fourth-order valence-corrected chi connectivity index (χ4v) is 7.45. The number of hydrogen-bond acceptors (Lipinski definition) is 1. The second-order valence-electron chi connectivity index (χ2n) is 13.2. The molecule has 0 bridgehead atoms. The van der Waals surface area contributed by atoms with Gasteiger partial charge < -0.3 is 14.9 Å². The smallest absolute Gasteiger partial charge is 0.0692 e. The molecule has 0 saturated carbocycles. The fourth-order valence-electron chi connectivity index (χ4n) is 7.45. The Morgan fingerprint density at radius 3 is 1.96 bits per heavy atom. The van der Waals surface area contributed by atoms with Crippen LogP contribution in [0.3, 0.4) is 0 Å². The lowest BCUT2D eigenvalue weighted by molar-refractivity contribution is 1.13. The summed E-state index contributed by atoms with van der Waals surface area (Å²) in [6.45, 7) is 14.6. The molecule has 0 aliphatic rings. The van der Waals surface area contributed by atoms with Crippen molar-refractivity contribution < 1.29 is 0 Å². The van der Waals surface area contributed by atoms with Crippen LogP contribution in [0.4, 0.5) is 0 Å². The molecule has 0 spiro atoms. The average molecular weight is 700 g/mol. The standard InChI is InChI=1S/C41H31N3.C8H10.C2H4/c1-3-37(39(42)29-13-6-4-7-14-29)44-40-27(2)24-32(26-36(40)35-20-18-28-12-10-11-17-34(28)41(35)44)30-19-21-38-31(25-30)22-23-43(38)33-15-8-5-9-16-33;1-2-8-6-4-3-5-7-8;1-2/h3-26H,1,42H2,2H3;3-7H,2H2,1H3;1-2H2/b39-37+;;. The Morgan fingerprint density at radius 1 is 0.611 bits per heavy atom. The summed E-state index contributed by atoms with van der Waals surface area (Å²) in [6.07, 6.45) is 5.18. The van der Waals surface area contributed by atoms with E-state index in [-0.39, 0.29) is 0 Å². The first kappa shape index (κ1) is 35.6. The third kappa shape index (κ3) is 6.64. The number of aryl methyl sites for hydroxylation is 2. The lowest BCUT2D eigenvalue weighted by Gasteiger charge is -2.16. The van der Waals surface area contributed by atoms with E-state index >= 15 is 0 Å². The molecule has 0 aliphatic carbocycles. The third-order valence-electron chi connectivity index (χ3n) is 10.0. The number of nitrogens with zero attached hydrogens (tertiary/aromatic N) is 2. The monoisotopic (exact) mass is 699 g/mol. The average Bonchev–Trinajstić information content (AvgIpc) is 3.83. The quantitative estimate of drug-likeness (QED) is 0.136. The van der Waals surface area contributed by atoms with Gasteiger partial charge in [-0.1, -0.05) is 135 Å². The van der Waals surface area contributed by atoms with Crippen LogP contribution in [0.15, 0.2) is 196 Å². The van der Waals surface area contributed by atoms with Gasteiger partial charge in [-0.25, -0.2) is 0 Å². The van der Waals surface area contributed by atoms with Crippen molar-refractivity contribution in [3.8, 4) is 16.8 Å². The molecule has 0 saturated heterocycles. The summed E-state index contributed by atoms with van der Waals surface area (Å²) < 4.78 is 4.57. The highest BCUT2D eigenvalue weighted by atomic mass is 15.0. The van der Waals surface area contributed by atoms with Crippen LogP contribution >= 0.6 is 0 Å². The molecular weight excluding hydrogens is 655 g/mol. The second kappa shape index (κ2) is 15.8. The van der Waals surface area contributed by atoms with Gasteiger partial charge in [0.05, 0.1) is 27.9 Å². The Labute approximate surface area is 318 Å². The molecule has 0 amide bonds. The summed E-state index contributed by atoms with van der Waals surface area (Å²) in [7, 11) is 0. The molecule has 264 valence electrons. The van der Waals surface area contributed by atoms with Crippen LogP contribution in [0, 0.1) is 6.92 Å². The van der Waals surface area contributed by atoms with Gasteiger partial charge in [0.2, 0.25) is 0 Å². The molecular formula is C51H45N3. The van der Waals surface area contributed by atoms with E-state index < -0.39 is 0 Å². The first-order valence-corrected chi connectivity index (χ1v) is 18.4. The van der Waals surface area contributed by atoms with Crippen molar-refractivity contribution in [2.45, 2.75) is 20.3 Å². The minimum absolute atomic E-state index is 0.698. The zero-order valence-corrected chi connectivity index (χ0v) is 31.0. The molecule has 3 heteroatoms. The molecule has 9 rings (SSSR count). The number of rotatable bonds is 6. The number of nitrogens with two attached hydrogens (primary N) is 1. The molecule has 0 aliphatic heterocycles. The Morgan fingerprint density at radius 2 is 1.28 bits per heavy atom. The molecule has 0 atom stereocenters. The van der Waals surface area contributed by atoms with Gasteiger partial charge in [-0.15, -0.1) is 13.2 Å². The van der Waals surface area contributed by atoms with E-state index in [1.807, 2.05) is 30.3 Å². The Balaban J connectivity index is 0.000000397. The van der Waals surface area contributed by atoms with Gasteiger partial charge in [-0.3, -0.25) is 0 Å². The lowest BCUT2D eigenvalue weighted by atomic mass is 9.98. The van der Waals surface area contributed by atoms with Crippen LogP contribution < -0.4 is 5.73 Å². The molecule has 9 aromatic rings. The predicted molar refractivity (Wildman–Crippen MR) is 235 cm³/mol. The van der Waals surface area contributed by atoms with E-state index in [4.69, 9.17) is 5.73 Å². The van der Waals surface area contributed by atoms with Gasteiger partial charge in [0.1, 0.15) is 0 Å². The van der Waals surface area contributed by atoms with Crippen molar-refractivity contribution in [2.24, 2.45) is 5.73 Å². The fraction of sp³-hybridized carbons (Fsp3) is 0.0588. The van der Waals surface area contributed by atoms with Gasteiger partial charge in [-0.05, 0) is 95.1 Å². The van der Waals surface area contributed by atoms with E-state index in [1.54, 1.807) is 0 Å². The molecule has 0 fully saturated rings. The van der Waals surface area contributed by atoms with E-state index in [9.17, 15) is 0 Å². The van der Waals surface area contributed by atoms with Gasteiger partial charge in [0, 0.05) is 33.4 Å². The number of allylic oxidation sites excluding steroid dienone is 2. The SMILES string of the molecule is C=C.C=C/C(=C(\N)c1ccccc1)n1c2c(C)cc(-c3ccc4c(ccn4-c4ccccc4)c3)cc2c2ccc3ccccc3c21.CCc1ccccc1. The first-order valence-electron chi connectivity index (χ1n) is 18.4. The number of hydrogen-bond donors (Lipinski definition) is 1. The van der Waals surface area contributed by atoms with Crippen LogP contribution in [0.1, 0.15) is 23.6 Å². The maximum absolute atomic E-state index is 6.92. The summed E-state index contributed by atoms with van der Waals surface area (Å²) >= 11 is 0. The highest BCUT2D eigenvalue weighted by molar-refractivity contribution is 6.21. The van der Waals surface area contributed by atoms with E-state index in [0.717, 1.165) is 34.4 Å². The second-order valence-corrected chi connectivity index (χ2v) is 13.2. The van der Waals surface area contributed by atoms with Gasteiger partial charge in [0.25, 0.3) is 0 Å². The summed E-state index contributed by atoms with van der Waals surface area (Å²) in [4.78, 5) is 0. The minimum Gasteiger partial charge on any atom is -0.397 e. The Bertz CT molecular complexity index is 2750. The highest BCUT2D eigenvalue weighted by Gasteiger charge is 2.20. The lowest BCUT2D eigenvalue weighted by Crippen LogP contribution is -2.06.